The Bertz CT molecular complexity index is 602. The zero-order valence-electron chi connectivity index (χ0n) is 11.3. The Hall–Kier alpha value is -0.730. The van der Waals surface area contributed by atoms with Crippen molar-refractivity contribution in [1.82, 2.24) is 4.72 Å². The molecule has 2 N–H and O–H groups in total. The molecular weight excluding hydrogens is 321 g/mol. The summed E-state index contributed by atoms with van der Waals surface area (Å²) in [6.07, 6.45) is 2.60. The van der Waals surface area contributed by atoms with E-state index in [1.807, 2.05) is 0 Å². The second kappa shape index (κ2) is 7.02. The minimum atomic E-state index is -3.87. The zero-order chi connectivity index (χ0) is 15.5. The Morgan fingerprint density at radius 3 is 2.81 bits per heavy atom. The summed E-state index contributed by atoms with van der Waals surface area (Å²) >= 11 is 5.64. The normalized spacial score (nSPS) is 19.7. The molecule has 5 nitrogen and oxygen atoms in total. The van der Waals surface area contributed by atoms with Crippen LogP contribution in [-0.4, -0.2) is 32.8 Å². The van der Waals surface area contributed by atoms with Crippen molar-refractivity contribution >= 4 is 21.6 Å². The molecule has 1 aliphatic heterocycles. The van der Waals surface area contributed by atoms with E-state index in [0.29, 0.717) is 6.61 Å². The molecule has 0 spiro atoms. The summed E-state index contributed by atoms with van der Waals surface area (Å²) in [6.45, 7) is 0.225. The average molecular weight is 338 g/mol. The van der Waals surface area contributed by atoms with Gasteiger partial charge in [-0.2, -0.15) is 0 Å². The highest BCUT2D eigenvalue weighted by Gasteiger charge is 2.21. The molecule has 0 bridgehead atoms. The zero-order valence-corrected chi connectivity index (χ0v) is 12.9. The fourth-order valence-electron chi connectivity index (χ4n) is 2.14. The van der Waals surface area contributed by atoms with Gasteiger partial charge < -0.3 is 9.84 Å². The number of hydrogen-bond acceptors (Lipinski definition) is 4. The van der Waals surface area contributed by atoms with Gasteiger partial charge in [0.2, 0.25) is 10.0 Å². The number of sulfonamides is 1. The molecule has 0 aromatic heterocycles. The highest BCUT2D eigenvalue weighted by Crippen LogP contribution is 2.24. The van der Waals surface area contributed by atoms with Crippen LogP contribution < -0.4 is 4.72 Å². The van der Waals surface area contributed by atoms with Crippen LogP contribution in [0.25, 0.3) is 0 Å². The van der Waals surface area contributed by atoms with Gasteiger partial charge in [0.15, 0.2) is 0 Å². The molecule has 1 aliphatic rings. The summed E-state index contributed by atoms with van der Waals surface area (Å²) in [5.41, 5.74) is 0.0333. The number of nitrogens with one attached hydrogen (secondary N) is 1. The number of halogens is 2. The number of benzene rings is 1. The first-order chi connectivity index (χ1) is 9.94. The molecular formula is C13H17ClFNO4S. The van der Waals surface area contributed by atoms with Crippen LogP contribution in [0, 0.1) is 5.82 Å². The van der Waals surface area contributed by atoms with Crippen LogP contribution in [0.15, 0.2) is 17.0 Å². The van der Waals surface area contributed by atoms with Gasteiger partial charge in [-0.05, 0) is 31.4 Å². The van der Waals surface area contributed by atoms with E-state index in [1.54, 1.807) is 0 Å². The molecule has 0 aliphatic carbocycles. The van der Waals surface area contributed by atoms with Crippen LogP contribution in [0.5, 0.6) is 0 Å². The third-order valence-corrected chi connectivity index (χ3v) is 5.16. The predicted molar refractivity (Wildman–Crippen MR) is 76.1 cm³/mol. The molecule has 1 unspecified atom stereocenters. The summed E-state index contributed by atoms with van der Waals surface area (Å²) in [7, 11) is -3.87. The third kappa shape index (κ3) is 4.14. The van der Waals surface area contributed by atoms with Crippen LogP contribution in [0.3, 0.4) is 0 Å². The predicted octanol–water partition coefficient (Wildman–Crippen LogP) is 1.82. The first-order valence-corrected chi connectivity index (χ1v) is 8.50. The van der Waals surface area contributed by atoms with Crippen molar-refractivity contribution in [3.05, 3.63) is 28.5 Å². The lowest BCUT2D eigenvalue weighted by Gasteiger charge is -2.22. The Balaban J connectivity index is 2.13. The number of hydrogen-bond donors (Lipinski definition) is 2. The standard InChI is InChI=1S/C13H17ClFNO4S/c14-13-9(8-17)5-11(6-12(13)15)21(18,19)16-7-10-3-1-2-4-20-10/h5-6,10,16-17H,1-4,7-8H2. The molecule has 1 aromatic carbocycles. The molecule has 118 valence electrons. The lowest BCUT2D eigenvalue weighted by molar-refractivity contribution is 0.0200. The van der Waals surface area contributed by atoms with Crippen molar-refractivity contribution < 1.29 is 22.7 Å². The summed E-state index contributed by atoms with van der Waals surface area (Å²) in [6, 6.07) is 2.00. The van der Waals surface area contributed by atoms with E-state index in [4.69, 9.17) is 21.4 Å². The molecule has 1 aromatic rings. The average Bonchev–Trinajstić information content (AvgIpc) is 2.49. The van der Waals surface area contributed by atoms with Gasteiger partial charge in [-0.3, -0.25) is 0 Å². The Morgan fingerprint density at radius 1 is 1.43 bits per heavy atom. The maximum absolute atomic E-state index is 13.6. The SMILES string of the molecule is O=S(=O)(NCC1CCCCO1)c1cc(F)c(Cl)c(CO)c1. The fourth-order valence-corrected chi connectivity index (χ4v) is 3.44. The van der Waals surface area contributed by atoms with E-state index in [1.165, 1.54) is 0 Å². The second-order valence-corrected chi connectivity index (χ2v) is 7.02. The van der Waals surface area contributed by atoms with Gasteiger partial charge in [0.1, 0.15) is 5.82 Å². The topological polar surface area (TPSA) is 75.6 Å². The minimum absolute atomic E-state index is 0.0333. The molecule has 1 saturated heterocycles. The smallest absolute Gasteiger partial charge is 0.240 e. The van der Waals surface area contributed by atoms with Crippen LogP contribution in [0.4, 0.5) is 4.39 Å². The van der Waals surface area contributed by atoms with Gasteiger partial charge in [0.25, 0.3) is 0 Å². The molecule has 0 saturated carbocycles. The molecule has 0 radical (unpaired) electrons. The summed E-state index contributed by atoms with van der Waals surface area (Å²) in [5, 5.41) is 8.81. The van der Waals surface area contributed by atoms with Gasteiger partial charge in [-0.1, -0.05) is 11.6 Å². The van der Waals surface area contributed by atoms with E-state index in [2.05, 4.69) is 4.72 Å². The largest absolute Gasteiger partial charge is 0.392 e. The quantitative estimate of drug-likeness (QED) is 0.859. The highest BCUT2D eigenvalue weighted by molar-refractivity contribution is 7.89. The van der Waals surface area contributed by atoms with Gasteiger partial charge in [0.05, 0.1) is 22.6 Å². The first-order valence-electron chi connectivity index (χ1n) is 6.64. The minimum Gasteiger partial charge on any atom is -0.392 e. The van der Waals surface area contributed by atoms with Crippen LogP contribution in [0.2, 0.25) is 5.02 Å². The molecule has 2 rings (SSSR count). The maximum atomic E-state index is 13.6. The Morgan fingerprint density at radius 2 is 2.19 bits per heavy atom. The molecule has 8 heteroatoms. The van der Waals surface area contributed by atoms with E-state index in [-0.39, 0.29) is 28.1 Å². The number of aliphatic hydroxyl groups excluding tert-OH is 1. The van der Waals surface area contributed by atoms with Crippen molar-refractivity contribution in [2.24, 2.45) is 0 Å². The molecule has 1 fully saturated rings. The fraction of sp³-hybridized carbons (Fsp3) is 0.538. The van der Waals surface area contributed by atoms with E-state index in [0.717, 1.165) is 31.4 Å². The molecule has 1 heterocycles. The Labute approximate surface area is 128 Å². The molecule has 21 heavy (non-hydrogen) atoms. The van der Waals surface area contributed by atoms with Gasteiger partial charge in [-0.25, -0.2) is 17.5 Å². The number of rotatable bonds is 5. The monoisotopic (exact) mass is 337 g/mol. The van der Waals surface area contributed by atoms with Crippen molar-refractivity contribution in [3.63, 3.8) is 0 Å². The summed E-state index contributed by atoms with van der Waals surface area (Å²) in [4.78, 5) is -0.260. The number of aliphatic hydroxyl groups is 1. The maximum Gasteiger partial charge on any atom is 0.240 e. The van der Waals surface area contributed by atoms with Crippen molar-refractivity contribution in [2.45, 2.75) is 36.9 Å². The van der Waals surface area contributed by atoms with Crippen molar-refractivity contribution in [1.29, 1.82) is 0 Å². The van der Waals surface area contributed by atoms with Crippen LogP contribution in [-0.2, 0) is 21.4 Å². The van der Waals surface area contributed by atoms with Crippen molar-refractivity contribution in [2.75, 3.05) is 13.2 Å². The second-order valence-electron chi connectivity index (χ2n) is 4.88. The summed E-state index contributed by atoms with van der Waals surface area (Å²) in [5.74, 6) is -0.877. The lowest BCUT2D eigenvalue weighted by atomic mass is 10.1. The first kappa shape index (κ1) is 16.6. The summed E-state index contributed by atoms with van der Waals surface area (Å²) < 4.78 is 45.7. The molecule has 0 amide bonds. The van der Waals surface area contributed by atoms with Gasteiger partial charge in [0, 0.05) is 18.7 Å². The lowest BCUT2D eigenvalue weighted by Crippen LogP contribution is -2.35. The van der Waals surface area contributed by atoms with Crippen molar-refractivity contribution in [3.8, 4) is 0 Å². The number of ether oxygens (including phenoxy) is 1. The Kier molecular flexibility index (Phi) is 5.56. The van der Waals surface area contributed by atoms with E-state index < -0.39 is 22.4 Å². The third-order valence-electron chi connectivity index (χ3n) is 3.33. The van der Waals surface area contributed by atoms with Gasteiger partial charge >= 0.3 is 0 Å². The molecule has 1 atom stereocenters. The van der Waals surface area contributed by atoms with Crippen LogP contribution in [0.1, 0.15) is 24.8 Å². The van der Waals surface area contributed by atoms with E-state index in [9.17, 15) is 12.8 Å². The van der Waals surface area contributed by atoms with Crippen LogP contribution >= 0.6 is 11.6 Å². The van der Waals surface area contributed by atoms with E-state index >= 15 is 0 Å². The van der Waals surface area contributed by atoms with Gasteiger partial charge in [-0.15, -0.1) is 0 Å². The highest BCUT2D eigenvalue weighted by atomic mass is 35.5.